The lowest BCUT2D eigenvalue weighted by molar-refractivity contribution is 0.102. The Labute approximate surface area is 129 Å². The number of rotatable bonds is 5. The predicted molar refractivity (Wildman–Crippen MR) is 88.1 cm³/mol. The van der Waals surface area contributed by atoms with E-state index in [0.29, 0.717) is 23.5 Å². The summed E-state index contributed by atoms with van der Waals surface area (Å²) in [6.07, 6.45) is 1.60. The molecule has 0 aliphatic heterocycles. The van der Waals surface area contributed by atoms with Gasteiger partial charge < -0.3 is 16.0 Å². The molecule has 0 atom stereocenters. The van der Waals surface area contributed by atoms with Gasteiger partial charge in [0.1, 0.15) is 0 Å². The molecule has 22 heavy (non-hydrogen) atoms. The normalized spacial score (nSPS) is 9.64. The van der Waals surface area contributed by atoms with Gasteiger partial charge in [-0.25, -0.2) is 4.79 Å². The number of carbonyl (C=O) groups is 2. The fourth-order valence-corrected chi connectivity index (χ4v) is 1.77. The van der Waals surface area contributed by atoms with Crippen LogP contribution in [-0.2, 0) is 0 Å². The van der Waals surface area contributed by atoms with E-state index in [-0.39, 0.29) is 11.9 Å². The minimum atomic E-state index is -0.305. The molecule has 5 nitrogen and oxygen atoms in total. The maximum Gasteiger partial charge on any atom is 0.319 e. The fraction of sp³-hybridized carbons (Fsp3) is 0.0588. The van der Waals surface area contributed by atoms with E-state index in [4.69, 9.17) is 0 Å². The Balaban J connectivity index is 1.93. The molecule has 0 heterocycles. The molecular weight excluding hydrogens is 278 g/mol. The lowest BCUT2D eigenvalue weighted by Gasteiger charge is -2.08. The number of carbonyl (C=O) groups excluding carboxylic acids is 2. The highest BCUT2D eigenvalue weighted by Crippen LogP contribution is 2.14. The summed E-state index contributed by atoms with van der Waals surface area (Å²) >= 11 is 0. The molecule has 0 bridgehead atoms. The topological polar surface area (TPSA) is 70.2 Å². The van der Waals surface area contributed by atoms with Crippen molar-refractivity contribution in [1.82, 2.24) is 5.32 Å². The highest BCUT2D eigenvalue weighted by Gasteiger charge is 2.05. The molecule has 0 saturated heterocycles. The summed E-state index contributed by atoms with van der Waals surface area (Å²) in [4.78, 5) is 23.5. The van der Waals surface area contributed by atoms with E-state index in [1.807, 2.05) is 18.2 Å². The molecule has 3 N–H and O–H groups in total. The number of anilines is 2. The maximum absolute atomic E-state index is 12.0. The van der Waals surface area contributed by atoms with E-state index in [9.17, 15) is 9.59 Å². The highest BCUT2D eigenvalue weighted by atomic mass is 16.2. The van der Waals surface area contributed by atoms with Crippen LogP contribution in [0.5, 0.6) is 0 Å². The molecule has 0 unspecified atom stereocenters. The van der Waals surface area contributed by atoms with E-state index >= 15 is 0 Å². The fourth-order valence-electron chi connectivity index (χ4n) is 1.77. The standard InChI is InChI=1S/C17H17N3O2/c1-2-12-18-17(22)20-15-10-8-14(9-11-15)19-16(21)13-6-4-3-5-7-13/h2-11H,1,12H2,(H,19,21)(H2,18,20,22). The van der Waals surface area contributed by atoms with Crippen molar-refractivity contribution in [2.75, 3.05) is 17.2 Å². The first-order valence-electron chi connectivity index (χ1n) is 6.81. The summed E-state index contributed by atoms with van der Waals surface area (Å²) in [5.74, 6) is -0.176. The smallest absolute Gasteiger partial charge is 0.319 e. The average molecular weight is 295 g/mol. The SMILES string of the molecule is C=CCNC(=O)Nc1ccc(NC(=O)c2ccccc2)cc1. The van der Waals surface area contributed by atoms with Crippen molar-refractivity contribution in [1.29, 1.82) is 0 Å². The van der Waals surface area contributed by atoms with Gasteiger partial charge in [-0.2, -0.15) is 0 Å². The van der Waals surface area contributed by atoms with Crippen LogP contribution in [0.3, 0.4) is 0 Å². The first-order chi connectivity index (χ1) is 10.7. The number of amides is 3. The van der Waals surface area contributed by atoms with Crippen molar-refractivity contribution in [3.63, 3.8) is 0 Å². The van der Waals surface area contributed by atoms with Crippen LogP contribution in [0.15, 0.2) is 67.3 Å². The Morgan fingerprint density at radius 2 is 1.50 bits per heavy atom. The van der Waals surface area contributed by atoms with Crippen LogP contribution >= 0.6 is 0 Å². The van der Waals surface area contributed by atoms with Crippen LogP contribution in [0.2, 0.25) is 0 Å². The second-order valence-corrected chi connectivity index (χ2v) is 4.52. The molecule has 5 heteroatoms. The zero-order valence-corrected chi connectivity index (χ0v) is 12.0. The van der Waals surface area contributed by atoms with Crippen LogP contribution < -0.4 is 16.0 Å². The van der Waals surface area contributed by atoms with Gasteiger partial charge in [-0.1, -0.05) is 24.3 Å². The quantitative estimate of drug-likeness (QED) is 0.741. The second kappa shape index (κ2) is 7.64. The molecule has 0 spiro atoms. The minimum Gasteiger partial charge on any atom is -0.334 e. The molecular formula is C17H17N3O2. The molecule has 2 rings (SSSR count). The summed E-state index contributed by atoms with van der Waals surface area (Å²) in [7, 11) is 0. The monoisotopic (exact) mass is 295 g/mol. The number of urea groups is 1. The molecule has 0 radical (unpaired) electrons. The van der Waals surface area contributed by atoms with E-state index in [1.54, 1.807) is 42.5 Å². The zero-order valence-electron chi connectivity index (χ0n) is 12.0. The third-order valence-electron chi connectivity index (χ3n) is 2.84. The van der Waals surface area contributed by atoms with Gasteiger partial charge in [-0.15, -0.1) is 6.58 Å². The van der Waals surface area contributed by atoms with Crippen LogP contribution in [0, 0.1) is 0 Å². The van der Waals surface area contributed by atoms with Crippen molar-refractivity contribution in [2.45, 2.75) is 0 Å². The summed E-state index contributed by atoms with van der Waals surface area (Å²) in [5.41, 5.74) is 1.89. The van der Waals surface area contributed by atoms with Gasteiger partial charge in [0.2, 0.25) is 0 Å². The zero-order chi connectivity index (χ0) is 15.8. The number of hydrogen-bond donors (Lipinski definition) is 3. The van der Waals surface area contributed by atoms with Gasteiger partial charge in [0, 0.05) is 23.5 Å². The highest BCUT2D eigenvalue weighted by molar-refractivity contribution is 6.04. The van der Waals surface area contributed by atoms with Crippen LogP contribution in [-0.4, -0.2) is 18.5 Å². The van der Waals surface area contributed by atoms with Crippen molar-refractivity contribution in [3.05, 3.63) is 72.8 Å². The molecule has 2 aromatic carbocycles. The molecule has 0 fully saturated rings. The molecule has 0 aliphatic carbocycles. The summed E-state index contributed by atoms with van der Waals surface area (Å²) in [6, 6.07) is 15.5. The molecule has 0 saturated carbocycles. The van der Waals surface area contributed by atoms with E-state index in [0.717, 1.165) is 0 Å². The summed E-state index contributed by atoms with van der Waals surface area (Å²) in [6.45, 7) is 3.92. The first kappa shape index (κ1) is 15.3. The molecule has 112 valence electrons. The van der Waals surface area contributed by atoms with Gasteiger partial charge in [-0.05, 0) is 36.4 Å². The maximum atomic E-state index is 12.0. The van der Waals surface area contributed by atoms with Crippen LogP contribution in [0.1, 0.15) is 10.4 Å². The third kappa shape index (κ3) is 4.49. The molecule has 3 amide bonds. The van der Waals surface area contributed by atoms with Gasteiger partial charge in [-0.3, -0.25) is 4.79 Å². The predicted octanol–water partition coefficient (Wildman–Crippen LogP) is 3.25. The molecule has 2 aromatic rings. The lowest BCUT2D eigenvalue weighted by atomic mass is 10.2. The second-order valence-electron chi connectivity index (χ2n) is 4.52. The first-order valence-corrected chi connectivity index (χ1v) is 6.81. The summed E-state index contributed by atoms with van der Waals surface area (Å²) in [5, 5.41) is 8.08. The van der Waals surface area contributed by atoms with Crippen molar-refractivity contribution >= 4 is 23.3 Å². The Morgan fingerprint density at radius 3 is 2.09 bits per heavy atom. The third-order valence-corrected chi connectivity index (χ3v) is 2.84. The number of benzene rings is 2. The molecule has 0 aliphatic rings. The van der Waals surface area contributed by atoms with Gasteiger partial charge in [0.05, 0.1) is 0 Å². The van der Waals surface area contributed by atoms with Crippen LogP contribution in [0.25, 0.3) is 0 Å². The van der Waals surface area contributed by atoms with Gasteiger partial charge >= 0.3 is 6.03 Å². The summed E-state index contributed by atoms with van der Waals surface area (Å²) < 4.78 is 0. The number of nitrogens with one attached hydrogen (secondary N) is 3. The van der Waals surface area contributed by atoms with Crippen molar-refractivity contribution in [2.24, 2.45) is 0 Å². The molecule has 0 aromatic heterocycles. The van der Waals surface area contributed by atoms with E-state index < -0.39 is 0 Å². The van der Waals surface area contributed by atoms with Gasteiger partial charge in [0.25, 0.3) is 5.91 Å². The Bertz CT molecular complexity index is 651. The van der Waals surface area contributed by atoms with Gasteiger partial charge in [0.15, 0.2) is 0 Å². The van der Waals surface area contributed by atoms with E-state index in [2.05, 4.69) is 22.5 Å². The van der Waals surface area contributed by atoms with Crippen molar-refractivity contribution in [3.8, 4) is 0 Å². The largest absolute Gasteiger partial charge is 0.334 e. The lowest BCUT2D eigenvalue weighted by Crippen LogP contribution is -2.28. The minimum absolute atomic E-state index is 0.176. The number of hydrogen-bond acceptors (Lipinski definition) is 2. The van der Waals surface area contributed by atoms with Crippen molar-refractivity contribution < 1.29 is 9.59 Å². The van der Waals surface area contributed by atoms with E-state index in [1.165, 1.54) is 0 Å². The Kier molecular flexibility index (Phi) is 5.31. The Hall–Kier alpha value is -3.08. The van der Waals surface area contributed by atoms with Crippen LogP contribution in [0.4, 0.5) is 16.2 Å². The average Bonchev–Trinajstić information content (AvgIpc) is 2.55. The Morgan fingerprint density at radius 1 is 0.909 bits per heavy atom.